The number of carbonyl (C=O) groups is 3. The standard InChI is InChI=1S/C21H24N4O3/c26-17(23-11-13-3-6-16(22-10-13)24-7-1-2-8-24)12-25-20(27)18-14-4-5-15(9-14)19(18)21(25)28/h3-6,10,14-15,18-19H,1-2,7-9,11-12H2,(H,23,26)/t14-,15-,18+,19+/m0/s1. The summed E-state index contributed by atoms with van der Waals surface area (Å²) in [5, 5.41) is 2.81. The molecule has 2 saturated heterocycles. The Labute approximate surface area is 163 Å². The van der Waals surface area contributed by atoms with Gasteiger partial charge in [-0.3, -0.25) is 19.3 Å². The second kappa shape index (κ2) is 6.72. The van der Waals surface area contributed by atoms with Crippen LogP contribution in [-0.4, -0.2) is 47.2 Å². The number of aromatic nitrogens is 1. The minimum absolute atomic E-state index is 0.166. The van der Waals surface area contributed by atoms with Crippen LogP contribution < -0.4 is 10.2 Å². The topological polar surface area (TPSA) is 82.6 Å². The maximum atomic E-state index is 12.6. The van der Waals surface area contributed by atoms with Crippen LogP contribution in [0.1, 0.15) is 24.8 Å². The Morgan fingerprint density at radius 1 is 1.07 bits per heavy atom. The molecule has 2 bridgehead atoms. The number of fused-ring (bicyclic) bond motifs is 5. The molecule has 7 nitrogen and oxygen atoms in total. The SMILES string of the molecule is O=C(CN1C(=O)[C@H]2[C@H](C1=O)[C@H]1C=C[C@H]2C1)NCc1ccc(N2CCCC2)nc1. The Morgan fingerprint density at radius 3 is 2.36 bits per heavy atom. The number of pyridine rings is 1. The van der Waals surface area contributed by atoms with E-state index in [1.54, 1.807) is 6.20 Å². The lowest BCUT2D eigenvalue weighted by molar-refractivity contribution is -0.144. The minimum atomic E-state index is -0.314. The molecule has 0 unspecified atom stereocenters. The number of allylic oxidation sites excluding steroid dienone is 2. The number of hydrogen-bond donors (Lipinski definition) is 1. The molecule has 0 radical (unpaired) electrons. The van der Waals surface area contributed by atoms with Crippen molar-refractivity contribution in [1.29, 1.82) is 0 Å². The summed E-state index contributed by atoms with van der Waals surface area (Å²) in [4.78, 5) is 45.5. The van der Waals surface area contributed by atoms with Crippen LogP contribution in [-0.2, 0) is 20.9 Å². The number of nitrogens with one attached hydrogen (secondary N) is 1. The van der Waals surface area contributed by atoms with Crippen LogP contribution >= 0.6 is 0 Å². The van der Waals surface area contributed by atoms with E-state index < -0.39 is 0 Å². The van der Waals surface area contributed by atoms with E-state index in [1.807, 2.05) is 12.1 Å². The third kappa shape index (κ3) is 2.80. The summed E-state index contributed by atoms with van der Waals surface area (Å²) in [6, 6.07) is 3.94. The van der Waals surface area contributed by atoms with E-state index in [9.17, 15) is 14.4 Å². The lowest BCUT2D eigenvalue weighted by Gasteiger charge is -2.17. The summed E-state index contributed by atoms with van der Waals surface area (Å²) in [6.07, 6.45) is 9.18. The van der Waals surface area contributed by atoms with Crippen molar-refractivity contribution in [2.45, 2.75) is 25.8 Å². The van der Waals surface area contributed by atoms with Crippen LogP contribution in [0.15, 0.2) is 30.5 Å². The van der Waals surface area contributed by atoms with Crippen molar-refractivity contribution < 1.29 is 14.4 Å². The normalized spacial score (nSPS) is 30.4. The number of imide groups is 1. The molecular weight excluding hydrogens is 356 g/mol. The molecular formula is C21H24N4O3. The molecule has 4 aliphatic rings. The van der Waals surface area contributed by atoms with Gasteiger partial charge in [-0.15, -0.1) is 0 Å². The van der Waals surface area contributed by atoms with Crippen molar-refractivity contribution >= 4 is 23.5 Å². The fourth-order valence-electron chi connectivity index (χ4n) is 5.17. The molecule has 28 heavy (non-hydrogen) atoms. The molecule has 1 saturated carbocycles. The van der Waals surface area contributed by atoms with Gasteiger partial charge in [-0.05, 0) is 42.7 Å². The number of likely N-dealkylation sites (tertiary alicyclic amines) is 1. The highest BCUT2D eigenvalue weighted by atomic mass is 16.2. The van der Waals surface area contributed by atoms with Gasteiger partial charge in [-0.2, -0.15) is 0 Å². The van der Waals surface area contributed by atoms with Crippen LogP contribution in [0, 0.1) is 23.7 Å². The molecule has 1 aromatic heterocycles. The quantitative estimate of drug-likeness (QED) is 0.611. The van der Waals surface area contributed by atoms with Gasteiger partial charge < -0.3 is 10.2 Å². The molecule has 3 amide bonds. The van der Waals surface area contributed by atoms with E-state index in [0.717, 1.165) is 35.8 Å². The van der Waals surface area contributed by atoms with Crippen molar-refractivity contribution in [3.8, 4) is 0 Å². The molecule has 1 N–H and O–H groups in total. The van der Waals surface area contributed by atoms with Crippen LogP contribution in [0.3, 0.4) is 0 Å². The van der Waals surface area contributed by atoms with Crippen molar-refractivity contribution in [2.24, 2.45) is 23.7 Å². The Bertz CT molecular complexity index is 814. The van der Waals surface area contributed by atoms with E-state index in [2.05, 4.69) is 27.4 Å². The molecule has 7 heteroatoms. The smallest absolute Gasteiger partial charge is 0.240 e. The van der Waals surface area contributed by atoms with Crippen molar-refractivity contribution in [3.05, 3.63) is 36.0 Å². The first kappa shape index (κ1) is 17.4. The third-order valence-corrected chi connectivity index (χ3v) is 6.59. The van der Waals surface area contributed by atoms with Crippen LogP contribution in [0.5, 0.6) is 0 Å². The average Bonchev–Trinajstić information content (AvgIpc) is 3.49. The Morgan fingerprint density at radius 2 is 1.75 bits per heavy atom. The predicted molar refractivity (Wildman–Crippen MR) is 102 cm³/mol. The molecule has 2 aliphatic carbocycles. The molecule has 1 aromatic rings. The van der Waals surface area contributed by atoms with E-state index in [-0.39, 0.29) is 47.9 Å². The molecule has 146 valence electrons. The zero-order valence-electron chi connectivity index (χ0n) is 15.7. The Balaban J connectivity index is 1.16. The van der Waals surface area contributed by atoms with Crippen molar-refractivity contribution in [2.75, 3.05) is 24.5 Å². The first-order valence-corrected chi connectivity index (χ1v) is 10.1. The predicted octanol–water partition coefficient (Wildman–Crippen LogP) is 1.11. The Kier molecular flexibility index (Phi) is 4.18. The molecule has 5 rings (SSSR count). The van der Waals surface area contributed by atoms with E-state index in [4.69, 9.17) is 0 Å². The lowest BCUT2D eigenvalue weighted by atomic mass is 9.85. The van der Waals surface area contributed by atoms with Gasteiger partial charge in [-0.25, -0.2) is 4.98 Å². The zero-order valence-corrected chi connectivity index (χ0v) is 15.7. The minimum Gasteiger partial charge on any atom is -0.357 e. The number of hydrogen-bond acceptors (Lipinski definition) is 5. The fourth-order valence-corrected chi connectivity index (χ4v) is 5.17. The summed E-state index contributed by atoms with van der Waals surface area (Å²) in [6.45, 7) is 2.23. The van der Waals surface area contributed by atoms with Gasteiger partial charge in [0, 0.05) is 25.8 Å². The molecule has 3 fully saturated rings. The largest absolute Gasteiger partial charge is 0.357 e. The van der Waals surface area contributed by atoms with E-state index in [0.29, 0.717) is 6.54 Å². The van der Waals surface area contributed by atoms with Gasteiger partial charge in [0.1, 0.15) is 12.4 Å². The van der Waals surface area contributed by atoms with Gasteiger partial charge in [0.2, 0.25) is 17.7 Å². The monoisotopic (exact) mass is 380 g/mol. The average molecular weight is 380 g/mol. The first-order chi connectivity index (χ1) is 13.6. The molecule has 2 aliphatic heterocycles. The maximum Gasteiger partial charge on any atom is 0.240 e. The third-order valence-electron chi connectivity index (χ3n) is 6.59. The van der Waals surface area contributed by atoms with E-state index in [1.165, 1.54) is 12.8 Å². The number of rotatable bonds is 5. The highest BCUT2D eigenvalue weighted by Crippen LogP contribution is 2.52. The van der Waals surface area contributed by atoms with Gasteiger partial charge >= 0.3 is 0 Å². The summed E-state index contributed by atoms with van der Waals surface area (Å²) < 4.78 is 0. The van der Waals surface area contributed by atoms with Crippen molar-refractivity contribution in [3.63, 3.8) is 0 Å². The van der Waals surface area contributed by atoms with Crippen LogP contribution in [0.25, 0.3) is 0 Å². The second-order valence-corrected chi connectivity index (χ2v) is 8.26. The van der Waals surface area contributed by atoms with Crippen LogP contribution in [0.4, 0.5) is 5.82 Å². The molecule has 3 heterocycles. The van der Waals surface area contributed by atoms with Gasteiger partial charge in [-0.1, -0.05) is 18.2 Å². The van der Waals surface area contributed by atoms with E-state index >= 15 is 0 Å². The number of amides is 3. The second-order valence-electron chi connectivity index (χ2n) is 8.26. The summed E-state index contributed by atoms with van der Waals surface area (Å²) in [7, 11) is 0. The first-order valence-electron chi connectivity index (χ1n) is 10.1. The summed E-state index contributed by atoms with van der Waals surface area (Å²) >= 11 is 0. The number of anilines is 1. The fraction of sp³-hybridized carbons (Fsp3) is 0.524. The van der Waals surface area contributed by atoms with Gasteiger partial charge in [0.15, 0.2) is 0 Å². The molecule has 4 atom stereocenters. The summed E-state index contributed by atoms with van der Waals surface area (Å²) in [5.41, 5.74) is 0.898. The highest BCUT2D eigenvalue weighted by molar-refractivity contribution is 6.08. The van der Waals surface area contributed by atoms with Crippen LogP contribution in [0.2, 0.25) is 0 Å². The van der Waals surface area contributed by atoms with Gasteiger partial charge in [0.05, 0.1) is 11.8 Å². The number of nitrogens with zero attached hydrogens (tertiary/aromatic N) is 3. The van der Waals surface area contributed by atoms with Gasteiger partial charge in [0.25, 0.3) is 0 Å². The zero-order chi connectivity index (χ0) is 19.3. The highest BCUT2D eigenvalue weighted by Gasteiger charge is 2.59. The number of carbonyl (C=O) groups excluding carboxylic acids is 3. The molecule has 0 spiro atoms. The van der Waals surface area contributed by atoms with Crippen molar-refractivity contribution in [1.82, 2.24) is 15.2 Å². The maximum absolute atomic E-state index is 12.6. The lowest BCUT2D eigenvalue weighted by Crippen LogP contribution is -2.41. The summed E-state index contributed by atoms with van der Waals surface area (Å²) in [5.74, 6) is 0.119. The molecule has 0 aromatic carbocycles. The Hall–Kier alpha value is -2.70.